The van der Waals surface area contributed by atoms with Gasteiger partial charge in [-0.05, 0) is 35.6 Å². The third kappa shape index (κ3) is 3.20. The zero-order valence-corrected chi connectivity index (χ0v) is 16.5. The molecule has 0 amide bonds. The van der Waals surface area contributed by atoms with Gasteiger partial charge in [-0.2, -0.15) is 5.26 Å². The molecule has 2 aliphatic rings. The summed E-state index contributed by atoms with van der Waals surface area (Å²) in [7, 11) is 3.74. The standard InChI is InChI=1S/C23H23N5O/c1-27(2)28-19-12-17(15-6-4-3-5-7-15)13-20(29)22(19)21(18(14-24)23(28)25)16-8-10-26-11-9-16/h3-11,17,21H,12-13,25H2,1-2H3. The van der Waals surface area contributed by atoms with Crippen molar-refractivity contribution in [3.8, 4) is 6.07 Å². The maximum absolute atomic E-state index is 13.4. The zero-order chi connectivity index (χ0) is 20.5. The van der Waals surface area contributed by atoms with Crippen LogP contribution in [-0.2, 0) is 4.79 Å². The molecule has 6 nitrogen and oxygen atoms in total. The second kappa shape index (κ2) is 7.53. The SMILES string of the molecule is CN(C)N1C(N)=C(C#N)C(c2ccncc2)C2=C1CC(c1ccccc1)CC2=O. The highest BCUT2D eigenvalue weighted by Gasteiger charge is 2.43. The molecule has 2 N–H and O–H groups in total. The van der Waals surface area contributed by atoms with Crippen LogP contribution in [0.3, 0.4) is 0 Å². The van der Waals surface area contributed by atoms with Gasteiger partial charge in [-0.3, -0.25) is 14.8 Å². The largest absolute Gasteiger partial charge is 0.383 e. The van der Waals surface area contributed by atoms with Crippen LogP contribution in [0.1, 0.15) is 35.8 Å². The van der Waals surface area contributed by atoms with E-state index in [1.54, 1.807) is 12.4 Å². The number of hydrogen-bond acceptors (Lipinski definition) is 6. The second-order valence-corrected chi connectivity index (χ2v) is 7.58. The molecule has 2 atom stereocenters. The van der Waals surface area contributed by atoms with Crippen molar-refractivity contribution in [2.45, 2.75) is 24.7 Å². The first kappa shape index (κ1) is 18.9. The number of nitriles is 1. The Morgan fingerprint density at radius 3 is 2.41 bits per heavy atom. The van der Waals surface area contributed by atoms with Crippen LogP contribution < -0.4 is 5.73 Å². The minimum absolute atomic E-state index is 0.0639. The van der Waals surface area contributed by atoms with Crippen molar-refractivity contribution in [3.05, 3.63) is 88.6 Å². The number of hydrazine groups is 1. The van der Waals surface area contributed by atoms with Gasteiger partial charge in [0.05, 0.1) is 17.6 Å². The van der Waals surface area contributed by atoms with Gasteiger partial charge in [-0.15, -0.1) is 0 Å². The number of benzene rings is 1. The number of carbonyl (C=O) groups is 1. The summed E-state index contributed by atoms with van der Waals surface area (Å²) in [6, 6.07) is 16.1. The number of Topliss-reactive ketones (excluding diaryl/α,β-unsaturated/α-hetero) is 1. The number of hydrogen-bond donors (Lipinski definition) is 1. The molecule has 0 saturated heterocycles. The highest BCUT2D eigenvalue weighted by atomic mass is 16.1. The maximum Gasteiger partial charge on any atom is 0.162 e. The van der Waals surface area contributed by atoms with Crippen LogP contribution >= 0.6 is 0 Å². The molecular weight excluding hydrogens is 362 g/mol. The van der Waals surface area contributed by atoms with Crippen molar-refractivity contribution >= 4 is 5.78 Å². The molecule has 146 valence electrons. The molecule has 2 aromatic rings. The highest BCUT2D eigenvalue weighted by molar-refractivity contribution is 6.00. The topological polar surface area (TPSA) is 86.2 Å². The van der Waals surface area contributed by atoms with Gasteiger partial charge < -0.3 is 5.73 Å². The molecule has 1 aliphatic carbocycles. The summed E-state index contributed by atoms with van der Waals surface area (Å²) in [5.41, 5.74) is 10.4. The summed E-state index contributed by atoms with van der Waals surface area (Å²) in [5.74, 6) is 0.0615. The quantitative estimate of drug-likeness (QED) is 0.874. The molecular formula is C23H23N5O. The van der Waals surface area contributed by atoms with Gasteiger partial charge in [0, 0.05) is 44.2 Å². The lowest BCUT2D eigenvalue weighted by atomic mass is 9.72. The van der Waals surface area contributed by atoms with Crippen LogP contribution in [0.4, 0.5) is 0 Å². The Kier molecular flexibility index (Phi) is 4.91. The molecule has 2 heterocycles. The van der Waals surface area contributed by atoms with Crippen LogP contribution in [0.15, 0.2) is 77.5 Å². The molecule has 0 saturated carbocycles. The first-order valence-corrected chi connectivity index (χ1v) is 9.61. The summed E-state index contributed by atoms with van der Waals surface area (Å²) < 4.78 is 0. The van der Waals surface area contributed by atoms with Crippen molar-refractivity contribution in [2.24, 2.45) is 5.73 Å². The van der Waals surface area contributed by atoms with E-state index in [9.17, 15) is 10.1 Å². The fourth-order valence-electron chi connectivity index (χ4n) is 4.42. The minimum Gasteiger partial charge on any atom is -0.383 e. The van der Waals surface area contributed by atoms with E-state index in [2.05, 4.69) is 23.2 Å². The van der Waals surface area contributed by atoms with Crippen LogP contribution in [0.5, 0.6) is 0 Å². The molecule has 2 unspecified atom stereocenters. The number of aromatic nitrogens is 1. The molecule has 6 heteroatoms. The van der Waals surface area contributed by atoms with Gasteiger partial charge in [0.25, 0.3) is 0 Å². The van der Waals surface area contributed by atoms with E-state index in [4.69, 9.17) is 5.73 Å². The van der Waals surface area contributed by atoms with E-state index in [1.165, 1.54) is 0 Å². The number of ketones is 1. The first-order valence-electron chi connectivity index (χ1n) is 9.61. The molecule has 0 fully saturated rings. The van der Waals surface area contributed by atoms with Gasteiger partial charge in [-0.1, -0.05) is 30.3 Å². The van der Waals surface area contributed by atoms with Crippen molar-refractivity contribution < 1.29 is 4.79 Å². The van der Waals surface area contributed by atoms with E-state index < -0.39 is 5.92 Å². The normalized spacial score (nSPS) is 22.0. The van der Waals surface area contributed by atoms with E-state index in [-0.39, 0.29) is 11.7 Å². The average Bonchev–Trinajstić information content (AvgIpc) is 2.73. The van der Waals surface area contributed by atoms with Gasteiger partial charge >= 0.3 is 0 Å². The average molecular weight is 385 g/mol. The number of nitrogens with zero attached hydrogens (tertiary/aromatic N) is 4. The summed E-state index contributed by atoms with van der Waals surface area (Å²) in [4.78, 5) is 17.5. The Hall–Kier alpha value is -3.43. The van der Waals surface area contributed by atoms with E-state index in [1.807, 2.05) is 54.4 Å². The summed E-state index contributed by atoms with van der Waals surface area (Å²) >= 11 is 0. The van der Waals surface area contributed by atoms with E-state index >= 15 is 0 Å². The zero-order valence-electron chi connectivity index (χ0n) is 16.5. The number of nitrogens with two attached hydrogens (primary N) is 1. The summed E-state index contributed by atoms with van der Waals surface area (Å²) in [6.45, 7) is 0. The number of pyridine rings is 1. The molecule has 0 radical (unpaired) electrons. The van der Waals surface area contributed by atoms with Crippen molar-refractivity contribution in [3.63, 3.8) is 0 Å². The fourth-order valence-corrected chi connectivity index (χ4v) is 4.42. The maximum atomic E-state index is 13.4. The van der Waals surface area contributed by atoms with Crippen molar-refractivity contribution in [1.29, 1.82) is 5.26 Å². The minimum atomic E-state index is -0.460. The Balaban J connectivity index is 1.89. The molecule has 29 heavy (non-hydrogen) atoms. The van der Waals surface area contributed by atoms with Crippen LogP contribution in [0.25, 0.3) is 0 Å². The third-order valence-electron chi connectivity index (χ3n) is 5.65. The van der Waals surface area contributed by atoms with Gasteiger partial charge in [-0.25, -0.2) is 5.01 Å². The third-order valence-corrected chi connectivity index (χ3v) is 5.65. The molecule has 1 aromatic carbocycles. The lowest BCUT2D eigenvalue weighted by molar-refractivity contribution is -0.117. The van der Waals surface area contributed by atoms with Crippen LogP contribution in [0.2, 0.25) is 0 Å². The predicted molar refractivity (Wildman–Crippen MR) is 110 cm³/mol. The second-order valence-electron chi connectivity index (χ2n) is 7.58. The summed E-state index contributed by atoms with van der Waals surface area (Å²) in [5, 5.41) is 13.6. The Morgan fingerprint density at radius 1 is 1.10 bits per heavy atom. The van der Waals surface area contributed by atoms with Crippen molar-refractivity contribution in [2.75, 3.05) is 14.1 Å². The van der Waals surface area contributed by atoms with Crippen molar-refractivity contribution in [1.82, 2.24) is 15.0 Å². The predicted octanol–water partition coefficient (Wildman–Crippen LogP) is 3.05. The first-order chi connectivity index (χ1) is 14.0. The Bertz CT molecular complexity index is 1030. The van der Waals surface area contributed by atoms with Gasteiger partial charge in [0.1, 0.15) is 5.82 Å². The Labute approximate surface area is 170 Å². The lowest BCUT2D eigenvalue weighted by Gasteiger charge is -2.43. The molecule has 0 bridgehead atoms. The van der Waals surface area contributed by atoms with E-state index in [0.29, 0.717) is 29.8 Å². The smallest absolute Gasteiger partial charge is 0.162 e. The van der Waals surface area contributed by atoms with Crippen LogP contribution in [0, 0.1) is 11.3 Å². The molecule has 4 rings (SSSR count). The number of carbonyl (C=O) groups excluding carboxylic acids is 1. The highest BCUT2D eigenvalue weighted by Crippen LogP contribution is 2.47. The lowest BCUT2D eigenvalue weighted by Crippen LogP contribution is -2.46. The van der Waals surface area contributed by atoms with E-state index in [0.717, 1.165) is 16.8 Å². The number of allylic oxidation sites excluding steroid dienone is 3. The number of rotatable bonds is 3. The summed E-state index contributed by atoms with van der Waals surface area (Å²) in [6.07, 6.45) is 4.47. The molecule has 1 aromatic heterocycles. The molecule has 0 spiro atoms. The fraction of sp³-hybridized carbons (Fsp3) is 0.261. The molecule has 1 aliphatic heterocycles. The monoisotopic (exact) mass is 385 g/mol. The Morgan fingerprint density at radius 2 is 1.79 bits per heavy atom. The van der Waals surface area contributed by atoms with Gasteiger partial charge in [0.2, 0.25) is 0 Å². The van der Waals surface area contributed by atoms with Crippen LogP contribution in [-0.4, -0.2) is 34.9 Å². The van der Waals surface area contributed by atoms with Gasteiger partial charge in [0.15, 0.2) is 5.78 Å².